The van der Waals surface area contributed by atoms with E-state index in [-0.39, 0.29) is 5.91 Å². The number of hydrogen-bond acceptors (Lipinski definition) is 1. The minimum atomic E-state index is 0.0905. The minimum absolute atomic E-state index is 0.0905. The summed E-state index contributed by atoms with van der Waals surface area (Å²) in [7, 11) is 0. The molecule has 0 aliphatic heterocycles. The van der Waals surface area contributed by atoms with Gasteiger partial charge in [0, 0.05) is 18.3 Å². The summed E-state index contributed by atoms with van der Waals surface area (Å²) in [5.74, 6) is 0.0905. The predicted octanol–water partition coefficient (Wildman–Crippen LogP) is 3.65. The van der Waals surface area contributed by atoms with E-state index in [1.165, 1.54) is 36.6 Å². The summed E-state index contributed by atoms with van der Waals surface area (Å²) in [6.45, 7) is 1.15. The molecule has 0 spiro atoms. The Morgan fingerprint density at radius 3 is 2.95 bits per heavy atom. The van der Waals surface area contributed by atoms with Crippen LogP contribution in [0.3, 0.4) is 0 Å². The second-order valence-corrected chi connectivity index (χ2v) is 5.71. The molecule has 0 saturated carbocycles. The monoisotopic (exact) mass is 282 g/mol. The fourth-order valence-corrected chi connectivity index (χ4v) is 2.98. The number of rotatable bonds is 5. The van der Waals surface area contributed by atoms with Crippen LogP contribution in [0.2, 0.25) is 0 Å². The summed E-state index contributed by atoms with van der Waals surface area (Å²) in [5, 5.41) is 4.21. The molecule has 21 heavy (non-hydrogen) atoms. The van der Waals surface area contributed by atoms with Crippen LogP contribution >= 0.6 is 0 Å². The summed E-state index contributed by atoms with van der Waals surface area (Å²) in [5.41, 5.74) is 2.62. The van der Waals surface area contributed by atoms with Crippen molar-refractivity contribution >= 4 is 16.8 Å². The third-order valence-corrected chi connectivity index (χ3v) is 4.15. The van der Waals surface area contributed by atoms with Crippen molar-refractivity contribution in [3.63, 3.8) is 0 Å². The largest absolute Gasteiger partial charge is 0.354 e. The van der Waals surface area contributed by atoms with Crippen molar-refractivity contribution in [3.8, 4) is 0 Å². The normalized spacial score (nSPS) is 15.0. The van der Waals surface area contributed by atoms with Gasteiger partial charge in [-0.15, -0.1) is 0 Å². The maximum atomic E-state index is 12.0. The molecule has 1 aromatic carbocycles. The first-order valence-electron chi connectivity index (χ1n) is 7.81. The molecule has 110 valence electrons. The molecule has 1 amide bonds. The molecule has 0 unspecified atom stereocenters. The van der Waals surface area contributed by atoms with E-state index in [9.17, 15) is 4.79 Å². The zero-order valence-electron chi connectivity index (χ0n) is 12.3. The summed E-state index contributed by atoms with van der Waals surface area (Å²) < 4.78 is 2.00. The van der Waals surface area contributed by atoms with Crippen LogP contribution in [0.4, 0.5) is 0 Å². The molecule has 0 atom stereocenters. The lowest BCUT2D eigenvalue weighted by Crippen LogP contribution is -2.28. The van der Waals surface area contributed by atoms with Crippen molar-refractivity contribution in [2.75, 3.05) is 6.54 Å². The molecule has 0 radical (unpaired) electrons. The van der Waals surface area contributed by atoms with Crippen LogP contribution in [0.5, 0.6) is 0 Å². The Balaban J connectivity index is 1.51. The SMILES string of the molecule is O=C(Cn1ccc2ccccc21)NCCC1=CCCCC1. The van der Waals surface area contributed by atoms with E-state index in [1.54, 1.807) is 0 Å². The molecule has 1 aromatic heterocycles. The predicted molar refractivity (Wildman–Crippen MR) is 86.1 cm³/mol. The maximum absolute atomic E-state index is 12.0. The van der Waals surface area contributed by atoms with Gasteiger partial charge in [-0.1, -0.05) is 29.8 Å². The average Bonchev–Trinajstić information content (AvgIpc) is 2.92. The summed E-state index contributed by atoms with van der Waals surface area (Å²) in [6.07, 6.45) is 10.4. The molecule has 2 aromatic rings. The number of aromatic nitrogens is 1. The van der Waals surface area contributed by atoms with Gasteiger partial charge in [0.25, 0.3) is 0 Å². The van der Waals surface area contributed by atoms with Crippen LogP contribution in [-0.4, -0.2) is 17.0 Å². The van der Waals surface area contributed by atoms with Gasteiger partial charge in [-0.3, -0.25) is 4.79 Å². The zero-order valence-corrected chi connectivity index (χ0v) is 12.3. The third kappa shape index (κ3) is 3.54. The van der Waals surface area contributed by atoms with E-state index in [2.05, 4.69) is 29.6 Å². The van der Waals surface area contributed by atoms with Crippen LogP contribution in [0.15, 0.2) is 48.2 Å². The molecule has 1 N–H and O–H groups in total. The lowest BCUT2D eigenvalue weighted by Gasteiger charge is -2.13. The number of carbonyl (C=O) groups is 1. The minimum Gasteiger partial charge on any atom is -0.354 e. The maximum Gasteiger partial charge on any atom is 0.239 e. The van der Waals surface area contributed by atoms with Gasteiger partial charge in [-0.25, -0.2) is 0 Å². The van der Waals surface area contributed by atoms with E-state index >= 15 is 0 Å². The van der Waals surface area contributed by atoms with E-state index < -0.39 is 0 Å². The van der Waals surface area contributed by atoms with E-state index in [4.69, 9.17) is 0 Å². The third-order valence-electron chi connectivity index (χ3n) is 4.15. The number of para-hydroxylation sites is 1. The first kappa shape index (κ1) is 13.9. The Morgan fingerprint density at radius 2 is 2.10 bits per heavy atom. The van der Waals surface area contributed by atoms with Gasteiger partial charge in [-0.05, 0) is 49.6 Å². The van der Waals surface area contributed by atoms with Gasteiger partial charge in [0.15, 0.2) is 0 Å². The molecule has 1 heterocycles. The van der Waals surface area contributed by atoms with Crippen molar-refractivity contribution < 1.29 is 4.79 Å². The van der Waals surface area contributed by atoms with Crippen molar-refractivity contribution in [2.24, 2.45) is 0 Å². The molecule has 0 saturated heterocycles. The highest BCUT2D eigenvalue weighted by atomic mass is 16.1. The van der Waals surface area contributed by atoms with Gasteiger partial charge in [0.05, 0.1) is 0 Å². The fourth-order valence-electron chi connectivity index (χ4n) is 2.98. The molecule has 0 fully saturated rings. The molecule has 1 aliphatic rings. The molecule has 1 aliphatic carbocycles. The number of nitrogens with zero attached hydrogens (tertiary/aromatic N) is 1. The quantitative estimate of drug-likeness (QED) is 0.835. The van der Waals surface area contributed by atoms with Crippen LogP contribution < -0.4 is 5.32 Å². The topological polar surface area (TPSA) is 34.0 Å². The van der Waals surface area contributed by atoms with Gasteiger partial charge in [0.1, 0.15) is 6.54 Å². The Morgan fingerprint density at radius 1 is 1.19 bits per heavy atom. The summed E-state index contributed by atoms with van der Waals surface area (Å²) >= 11 is 0. The molecule has 0 bridgehead atoms. The zero-order chi connectivity index (χ0) is 14.5. The number of benzene rings is 1. The van der Waals surface area contributed by atoms with Crippen LogP contribution in [0.25, 0.3) is 10.9 Å². The smallest absolute Gasteiger partial charge is 0.239 e. The molecule has 3 heteroatoms. The van der Waals surface area contributed by atoms with Crippen molar-refractivity contribution in [1.82, 2.24) is 9.88 Å². The van der Waals surface area contributed by atoms with Crippen molar-refractivity contribution in [2.45, 2.75) is 38.6 Å². The number of amides is 1. The number of allylic oxidation sites excluding steroid dienone is 1. The van der Waals surface area contributed by atoms with Crippen LogP contribution in [0, 0.1) is 0 Å². The summed E-state index contributed by atoms with van der Waals surface area (Å²) in [6, 6.07) is 10.2. The standard InChI is InChI=1S/C18H22N2O/c21-18(19-12-10-15-6-2-1-3-7-15)14-20-13-11-16-8-4-5-9-17(16)20/h4-6,8-9,11,13H,1-3,7,10,12,14H2,(H,19,21). The van der Waals surface area contributed by atoms with E-state index in [0.29, 0.717) is 6.54 Å². The first-order valence-corrected chi connectivity index (χ1v) is 7.81. The lowest BCUT2D eigenvalue weighted by atomic mass is 9.97. The number of nitrogens with one attached hydrogen (secondary N) is 1. The second kappa shape index (κ2) is 6.61. The highest BCUT2D eigenvalue weighted by Gasteiger charge is 2.07. The first-order chi connectivity index (χ1) is 10.3. The highest BCUT2D eigenvalue weighted by molar-refractivity contribution is 5.83. The summed E-state index contributed by atoms with van der Waals surface area (Å²) in [4.78, 5) is 12.0. The average molecular weight is 282 g/mol. The molecular weight excluding hydrogens is 260 g/mol. The fraction of sp³-hybridized carbons (Fsp3) is 0.389. The van der Waals surface area contributed by atoms with E-state index in [1.807, 2.05) is 22.9 Å². The van der Waals surface area contributed by atoms with Crippen LogP contribution in [-0.2, 0) is 11.3 Å². The van der Waals surface area contributed by atoms with Gasteiger partial charge in [-0.2, -0.15) is 0 Å². The Bertz CT molecular complexity index is 654. The Kier molecular flexibility index (Phi) is 4.39. The molecule has 3 nitrogen and oxygen atoms in total. The van der Waals surface area contributed by atoms with Crippen LogP contribution in [0.1, 0.15) is 32.1 Å². The Hall–Kier alpha value is -2.03. The highest BCUT2D eigenvalue weighted by Crippen LogP contribution is 2.19. The Labute approximate surface area is 125 Å². The number of carbonyl (C=O) groups excluding carboxylic acids is 1. The molecule has 3 rings (SSSR count). The van der Waals surface area contributed by atoms with Crippen molar-refractivity contribution in [3.05, 3.63) is 48.2 Å². The lowest BCUT2D eigenvalue weighted by molar-refractivity contribution is -0.121. The van der Waals surface area contributed by atoms with Gasteiger partial charge >= 0.3 is 0 Å². The van der Waals surface area contributed by atoms with Crippen molar-refractivity contribution in [1.29, 1.82) is 0 Å². The number of fused-ring (bicyclic) bond motifs is 1. The number of hydrogen-bond donors (Lipinski definition) is 1. The van der Waals surface area contributed by atoms with E-state index in [0.717, 1.165) is 18.5 Å². The molecular formula is C18H22N2O. The van der Waals surface area contributed by atoms with Gasteiger partial charge in [0.2, 0.25) is 5.91 Å². The van der Waals surface area contributed by atoms with Gasteiger partial charge < -0.3 is 9.88 Å². The second-order valence-electron chi connectivity index (χ2n) is 5.71.